The largest absolute Gasteiger partial charge is 0.321 e. The Morgan fingerprint density at radius 3 is 1.50 bits per heavy atom. The minimum atomic E-state index is -3.10. The van der Waals surface area contributed by atoms with Gasteiger partial charge in [-0.1, -0.05) is 216 Å². The van der Waals surface area contributed by atoms with Crippen molar-refractivity contribution < 1.29 is 0 Å². The van der Waals surface area contributed by atoms with Crippen molar-refractivity contribution in [2.75, 3.05) is 16.5 Å². The SMILES string of the molecule is CC(C)(C)c1cc(N2CN(c3cccc([Si](c4ccccc4)(c4ccccc4)c4ccc5c6cc(C(C)(C)c7ccccc7)ccc6n(-c6cc(C(C)(C)C)ccn6)c5c4)c3)c3ccccc32)cc(C(C)(C)C)c1. The molecule has 3 heterocycles. The number of aromatic nitrogens is 2. The van der Waals surface area contributed by atoms with Crippen LogP contribution in [0.1, 0.15) is 104 Å². The monoisotopic (exact) mass is 983 g/mol. The number of fused-ring (bicyclic) bond motifs is 4. The highest BCUT2D eigenvalue weighted by atomic mass is 28.3. The lowest BCUT2D eigenvalue weighted by Crippen LogP contribution is -2.74. The number of anilines is 4. The number of pyridine rings is 1. The van der Waals surface area contributed by atoms with Crippen molar-refractivity contribution in [1.82, 2.24) is 9.55 Å². The van der Waals surface area contributed by atoms with Crippen molar-refractivity contribution in [1.29, 1.82) is 0 Å². The Kier molecular flexibility index (Phi) is 12.0. The van der Waals surface area contributed by atoms with Crippen molar-refractivity contribution in [3.8, 4) is 5.82 Å². The molecule has 0 atom stereocenters. The van der Waals surface area contributed by atoms with Gasteiger partial charge >= 0.3 is 0 Å². The van der Waals surface area contributed by atoms with Gasteiger partial charge in [0.2, 0.25) is 0 Å². The summed E-state index contributed by atoms with van der Waals surface area (Å²) >= 11 is 0. The molecule has 0 saturated heterocycles. The first kappa shape index (κ1) is 48.8. The maximum atomic E-state index is 5.18. The summed E-state index contributed by atoms with van der Waals surface area (Å²) in [6.07, 6.45) is 1.99. The molecule has 0 amide bonds. The molecule has 2 aromatic heterocycles. The highest BCUT2D eigenvalue weighted by Gasteiger charge is 2.43. The van der Waals surface area contributed by atoms with Gasteiger partial charge < -0.3 is 9.80 Å². The molecule has 4 nitrogen and oxygen atoms in total. The van der Waals surface area contributed by atoms with Crippen LogP contribution in [0.4, 0.5) is 22.7 Å². The van der Waals surface area contributed by atoms with E-state index in [9.17, 15) is 0 Å². The molecular formula is C69H70N4Si. The Morgan fingerprint density at radius 2 is 0.905 bits per heavy atom. The van der Waals surface area contributed by atoms with Crippen LogP contribution >= 0.6 is 0 Å². The van der Waals surface area contributed by atoms with Crippen molar-refractivity contribution in [3.05, 3.63) is 240 Å². The molecular weight excluding hydrogens is 913 g/mol. The number of nitrogens with zero attached hydrogens (tertiary/aromatic N) is 4. The Hall–Kier alpha value is -7.47. The smallest absolute Gasteiger partial charge is 0.179 e. The van der Waals surface area contributed by atoms with Crippen LogP contribution < -0.4 is 30.5 Å². The number of rotatable bonds is 9. The van der Waals surface area contributed by atoms with Crippen molar-refractivity contribution in [3.63, 3.8) is 0 Å². The number of hydrogen-bond acceptors (Lipinski definition) is 3. The molecule has 11 rings (SSSR count). The summed E-state index contributed by atoms with van der Waals surface area (Å²) in [6.45, 7) is 26.2. The van der Waals surface area contributed by atoms with Gasteiger partial charge in [-0.2, -0.15) is 0 Å². The molecule has 1 aliphatic heterocycles. The summed E-state index contributed by atoms with van der Waals surface area (Å²) in [6, 6.07) is 78.4. The third-order valence-electron chi connectivity index (χ3n) is 16.0. The number of hydrogen-bond donors (Lipinski definition) is 0. The van der Waals surface area contributed by atoms with Gasteiger partial charge in [0, 0.05) is 33.8 Å². The van der Waals surface area contributed by atoms with Crippen LogP contribution in [0.3, 0.4) is 0 Å². The van der Waals surface area contributed by atoms with E-state index in [0.29, 0.717) is 6.67 Å². The van der Waals surface area contributed by atoms with E-state index in [1.807, 2.05) is 6.20 Å². The molecule has 74 heavy (non-hydrogen) atoms. The Morgan fingerprint density at radius 1 is 0.365 bits per heavy atom. The van der Waals surface area contributed by atoms with E-state index in [1.54, 1.807) is 0 Å². The first-order chi connectivity index (χ1) is 35.3. The molecule has 0 spiro atoms. The predicted molar refractivity (Wildman–Crippen MR) is 319 cm³/mol. The van der Waals surface area contributed by atoms with E-state index in [4.69, 9.17) is 4.98 Å². The van der Waals surface area contributed by atoms with Gasteiger partial charge in [0.1, 0.15) is 12.5 Å². The van der Waals surface area contributed by atoms with Gasteiger partial charge in [-0.25, -0.2) is 4.98 Å². The van der Waals surface area contributed by atoms with Crippen molar-refractivity contribution >= 4 is 73.4 Å². The van der Waals surface area contributed by atoms with E-state index in [1.165, 1.54) is 82.1 Å². The van der Waals surface area contributed by atoms with E-state index in [-0.39, 0.29) is 21.7 Å². The molecule has 0 N–H and O–H groups in total. The normalized spacial score (nSPS) is 13.5. The third kappa shape index (κ3) is 8.45. The molecule has 10 aromatic rings. The molecule has 0 fully saturated rings. The van der Waals surface area contributed by atoms with Gasteiger partial charge in [0.05, 0.1) is 22.4 Å². The fraction of sp³-hybridized carbons (Fsp3) is 0.232. The second-order valence-corrected chi connectivity index (χ2v) is 28.0. The Labute approximate surface area is 441 Å². The number of para-hydroxylation sites is 2. The molecule has 0 saturated carbocycles. The second kappa shape index (κ2) is 18.2. The fourth-order valence-electron chi connectivity index (χ4n) is 11.5. The lowest BCUT2D eigenvalue weighted by Gasteiger charge is -2.35. The molecule has 370 valence electrons. The molecule has 5 heteroatoms. The van der Waals surface area contributed by atoms with Crippen molar-refractivity contribution in [2.45, 2.75) is 97.8 Å². The minimum Gasteiger partial charge on any atom is -0.321 e. The van der Waals surface area contributed by atoms with E-state index in [0.717, 1.165) is 16.9 Å². The van der Waals surface area contributed by atoms with Gasteiger partial charge in [0.15, 0.2) is 8.07 Å². The van der Waals surface area contributed by atoms with Gasteiger partial charge in [0.25, 0.3) is 0 Å². The van der Waals surface area contributed by atoms with E-state index >= 15 is 0 Å². The molecule has 1 aliphatic rings. The topological polar surface area (TPSA) is 24.3 Å². The summed E-state index contributed by atoms with van der Waals surface area (Å²) in [4.78, 5) is 10.2. The molecule has 0 bridgehead atoms. The Bertz CT molecular complexity index is 3610. The molecule has 0 aliphatic carbocycles. The van der Waals surface area contributed by atoms with Crippen LogP contribution in [-0.4, -0.2) is 24.3 Å². The van der Waals surface area contributed by atoms with Crippen LogP contribution in [0, 0.1) is 0 Å². The standard InChI is InChI=1S/C69H70N4Si/c1-66(2,3)49-38-39-70-65(44-49)73-61-37-34-50(69(10,11)48-24-15-12-16-25-48)43-60(61)59-36-35-58(46-64(59)73)74(55-27-17-13-18-28-55,56-29-19-14-20-30-56)57-31-23-26-53(45-57)71-47-72(63-33-22-21-32-62(63)71)54-41-51(67(4,5)6)40-52(42-54)68(7,8)9/h12-46H,47H2,1-11H3. The number of benzene rings is 8. The average Bonchev–Trinajstić information content (AvgIpc) is 3.95. The summed E-state index contributed by atoms with van der Waals surface area (Å²) < 4.78 is 2.43. The van der Waals surface area contributed by atoms with Crippen LogP contribution in [0.25, 0.3) is 27.6 Å². The Balaban J connectivity index is 1.14. The van der Waals surface area contributed by atoms with E-state index < -0.39 is 8.07 Å². The zero-order chi connectivity index (χ0) is 51.8. The molecule has 0 radical (unpaired) electrons. The van der Waals surface area contributed by atoms with E-state index in [2.05, 4.69) is 297 Å². The van der Waals surface area contributed by atoms with Gasteiger partial charge in [-0.15, -0.1) is 0 Å². The third-order valence-corrected chi connectivity index (χ3v) is 20.7. The second-order valence-electron chi connectivity index (χ2n) is 24.2. The highest BCUT2D eigenvalue weighted by Crippen LogP contribution is 2.46. The quantitative estimate of drug-likeness (QED) is 0.106. The molecule has 0 unspecified atom stereocenters. The highest BCUT2D eigenvalue weighted by molar-refractivity contribution is 7.20. The maximum Gasteiger partial charge on any atom is 0.179 e. The fourth-order valence-corrected chi connectivity index (χ4v) is 16.3. The van der Waals surface area contributed by atoms with Crippen LogP contribution in [0.5, 0.6) is 0 Å². The first-order valence-corrected chi connectivity index (χ1v) is 28.5. The first-order valence-electron chi connectivity index (χ1n) is 26.5. The zero-order valence-corrected chi connectivity index (χ0v) is 46.2. The predicted octanol–water partition coefficient (Wildman–Crippen LogP) is 15.0. The van der Waals surface area contributed by atoms with Crippen LogP contribution in [0.2, 0.25) is 0 Å². The summed E-state index contributed by atoms with van der Waals surface area (Å²) in [5.41, 5.74) is 13.4. The van der Waals surface area contributed by atoms with Crippen LogP contribution in [-0.2, 0) is 21.7 Å². The summed E-state index contributed by atoms with van der Waals surface area (Å²) in [5, 5.41) is 7.76. The molecule has 8 aromatic carbocycles. The average molecular weight is 983 g/mol. The summed E-state index contributed by atoms with van der Waals surface area (Å²) in [5.74, 6) is 0.929. The lowest BCUT2D eigenvalue weighted by molar-refractivity contribution is 0.568. The van der Waals surface area contributed by atoms with Gasteiger partial charge in [-0.3, -0.25) is 4.57 Å². The maximum absolute atomic E-state index is 5.18. The van der Waals surface area contributed by atoms with Crippen molar-refractivity contribution in [2.24, 2.45) is 0 Å². The minimum absolute atomic E-state index is 0.00131. The van der Waals surface area contributed by atoms with Gasteiger partial charge in [-0.05, 0) is 132 Å². The zero-order valence-electron chi connectivity index (χ0n) is 45.2. The van der Waals surface area contributed by atoms with Crippen LogP contribution in [0.15, 0.2) is 212 Å². The lowest BCUT2D eigenvalue weighted by atomic mass is 9.78. The summed E-state index contributed by atoms with van der Waals surface area (Å²) in [7, 11) is -3.10.